The number of ether oxygens (including phenoxy) is 2. The zero-order valence-electron chi connectivity index (χ0n) is 14.2. The van der Waals surface area contributed by atoms with Crippen LogP contribution in [0.2, 0.25) is 0 Å². The van der Waals surface area contributed by atoms with E-state index in [0.717, 1.165) is 70.9 Å². The Bertz CT molecular complexity index is 399. The average molecular weight is 325 g/mol. The summed E-state index contributed by atoms with van der Waals surface area (Å²) in [6.07, 6.45) is 5.58. The van der Waals surface area contributed by atoms with Crippen LogP contribution >= 0.6 is 0 Å². The number of hydrogen-bond donors (Lipinski definition) is 2. The molecule has 0 radical (unpaired) electrons. The molecule has 1 aliphatic carbocycles. The molecule has 6 nitrogen and oxygen atoms in total. The van der Waals surface area contributed by atoms with Gasteiger partial charge in [-0.05, 0) is 32.6 Å². The van der Waals surface area contributed by atoms with Crippen LogP contribution in [0.25, 0.3) is 0 Å². The van der Waals surface area contributed by atoms with Gasteiger partial charge in [-0.2, -0.15) is 0 Å². The van der Waals surface area contributed by atoms with Crippen LogP contribution in [0.1, 0.15) is 39.0 Å². The van der Waals surface area contributed by atoms with E-state index in [1.54, 1.807) is 0 Å². The van der Waals surface area contributed by atoms with E-state index >= 15 is 0 Å². The quantitative estimate of drug-likeness (QED) is 0.596. The highest BCUT2D eigenvalue weighted by atomic mass is 16.5. The Morgan fingerprint density at radius 2 is 2.04 bits per heavy atom. The summed E-state index contributed by atoms with van der Waals surface area (Å²) >= 11 is 0. The van der Waals surface area contributed by atoms with Gasteiger partial charge in [-0.25, -0.2) is 0 Å². The first kappa shape index (κ1) is 17.0. The molecular weight excluding hydrogens is 294 g/mol. The fourth-order valence-electron chi connectivity index (χ4n) is 3.85. The predicted molar refractivity (Wildman–Crippen MR) is 89.6 cm³/mol. The second kappa shape index (κ2) is 8.31. The summed E-state index contributed by atoms with van der Waals surface area (Å²) in [5.41, 5.74) is 0. The number of aliphatic hydroxyl groups excluding tert-OH is 1. The van der Waals surface area contributed by atoms with Crippen LogP contribution in [-0.2, 0) is 9.47 Å². The van der Waals surface area contributed by atoms with Crippen molar-refractivity contribution < 1.29 is 14.6 Å². The second-order valence-corrected chi connectivity index (χ2v) is 6.86. The zero-order valence-corrected chi connectivity index (χ0v) is 14.2. The van der Waals surface area contributed by atoms with Crippen LogP contribution in [0.4, 0.5) is 0 Å². The number of aliphatic imine (C=N–C) groups is 1. The summed E-state index contributed by atoms with van der Waals surface area (Å²) in [4.78, 5) is 7.10. The summed E-state index contributed by atoms with van der Waals surface area (Å²) in [5, 5.41) is 13.4. The molecule has 2 heterocycles. The Morgan fingerprint density at radius 1 is 1.17 bits per heavy atom. The molecule has 23 heavy (non-hydrogen) atoms. The highest BCUT2D eigenvalue weighted by molar-refractivity contribution is 5.80. The van der Waals surface area contributed by atoms with Gasteiger partial charge in [-0.1, -0.05) is 6.42 Å². The first-order chi connectivity index (χ1) is 11.3. The van der Waals surface area contributed by atoms with Crippen molar-refractivity contribution in [3.05, 3.63) is 0 Å². The van der Waals surface area contributed by atoms with Crippen molar-refractivity contribution in [1.82, 2.24) is 10.2 Å². The Labute approximate surface area is 139 Å². The van der Waals surface area contributed by atoms with Crippen LogP contribution in [0.5, 0.6) is 0 Å². The number of hydrogen-bond acceptors (Lipinski definition) is 4. The molecule has 6 heteroatoms. The third-order valence-electron chi connectivity index (χ3n) is 5.20. The molecule has 3 rings (SSSR count). The van der Waals surface area contributed by atoms with Gasteiger partial charge in [-0.15, -0.1) is 0 Å². The van der Waals surface area contributed by atoms with Crippen molar-refractivity contribution in [3.63, 3.8) is 0 Å². The van der Waals surface area contributed by atoms with E-state index in [0.29, 0.717) is 12.5 Å². The molecule has 3 aliphatic rings. The SMILES string of the molecule is CCNC(=NCC1CCCC1O)N1CCOC(C2CCCO2)C1. The van der Waals surface area contributed by atoms with Crippen molar-refractivity contribution in [1.29, 1.82) is 0 Å². The minimum atomic E-state index is -0.175. The summed E-state index contributed by atoms with van der Waals surface area (Å²) in [5.74, 6) is 1.27. The van der Waals surface area contributed by atoms with Gasteiger partial charge in [0.2, 0.25) is 0 Å². The zero-order chi connectivity index (χ0) is 16.1. The van der Waals surface area contributed by atoms with Gasteiger partial charge in [0.05, 0.1) is 18.8 Å². The lowest BCUT2D eigenvalue weighted by atomic mass is 10.1. The van der Waals surface area contributed by atoms with Gasteiger partial charge in [0, 0.05) is 38.7 Å². The minimum absolute atomic E-state index is 0.146. The molecule has 1 saturated carbocycles. The first-order valence-corrected chi connectivity index (χ1v) is 9.22. The highest BCUT2D eigenvalue weighted by Crippen LogP contribution is 2.26. The number of nitrogens with zero attached hydrogens (tertiary/aromatic N) is 2. The minimum Gasteiger partial charge on any atom is -0.393 e. The van der Waals surface area contributed by atoms with Gasteiger partial charge in [0.25, 0.3) is 0 Å². The number of aliphatic hydroxyl groups is 1. The maximum Gasteiger partial charge on any atom is 0.194 e. The third kappa shape index (κ3) is 4.37. The molecule has 132 valence electrons. The predicted octanol–water partition coefficient (Wildman–Crippen LogP) is 0.993. The van der Waals surface area contributed by atoms with Gasteiger partial charge in [0.1, 0.15) is 6.10 Å². The average Bonchev–Trinajstić information content (AvgIpc) is 3.23. The number of morpholine rings is 1. The summed E-state index contributed by atoms with van der Waals surface area (Å²) in [7, 11) is 0. The molecular formula is C17H31N3O3. The van der Waals surface area contributed by atoms with E-state index in [9.17, 15) is 5.11 Å². The fourth-order valence-corrected chi connectivity index (χ4v) is 3.85. The van der Waals surface area contributed by atoms with Gasteiger partial charge < -0.3 is 24.8 Å². The molecule has 0 aromatic heterocycles. The normalized spacial score (nSPS) is 35.7. The van der Waals surface area contributed by atoms with E-state index < -0.39 is 0 Å². The molecule has 2 aliphatic heterocycles. The molecule has 4 atom stereocenters. The summed E-state index contributed by atoms with van der Waals surface area (Å²) in [6, 6.07) is 0. The Hall–Kier alpha value is -0.850. The van der Waals surface area contributed by atoms with E-state index in [1.807, 2.05) is 0 Å². The lowest BCUT2D eigenvalue weighted by molar-refractivity contribution is -0.0817. The van der Waals surface area contributed by atoms with E-state index in [1.165, 1.54) is 0 Å². The lowest BCUT2D eigenvalue weighted by Crippen LogP contribution is -2.53. The molecule has 0 bridgehead atoms. The molecule has 2 N–H and O–H groups in total. The lowest BCUT2D eigenvalue weighted by Gasteiger charge is -2.37. The van der Waals surface area contributed by atoms with Crippen molar-refractivity contribution in [2.24, 2.45) is 10.9 Å². The van der Waals surface area contributed by atoms with E-state index in [2.05, 4.69) is 17.1 Å². The largest absolute Gasteiger partial charge is 0.393 e. The van der Waals surface area contributed by atoms with Crippen LogP contribution in [0, 0.1) is 5.92 Å². The van der Waals surface area contributed by atoms with Gasteiger partial charge >= 0.3 is 0 Å². The smallest absolute Gasteiger partial charge is 0.194 e. The Morgan fingerprint density at radius 3 is 2.74 bits per heavy atom. The highest BCUT2D eigenvalue weighted by Gasteiger charge is 2.32. The topological polar surface area (TPSA) is 66.3 Å². The monoisotopic (exact) mass is 325 g/mol. The number of rotatable bonds is 4. The molecule has 0 spiro atoms. The van der Waals surface area contributed by atoms with Crippen molar-refractivity contribution in [2.45, 2.75) is 57.3 Å². The van der Waals surface area contributed by atoms with Crippen LogP contribution < -0.4 is 5.32 Å². The van der Waals surface area contributed by atoms with E-state index in [-0.39, 0.29) is 18.3 Å². The Kier molecular flexibility index (Phi) is 6.14. The second-order valence-electron chi connectivity index (χ2n) is 6.86. The van der Waals surface area contributed by atoms with Crippen LogP contribution in [-0.4, -0.2) is 73.7 Å². The Balaban J connectivity index is 1.59. The molecule has 0 aromatic rings. The number of nitrogens with one attached hydrogen (secondary N) is 1. The summed E-state index contributed by atoms with van der Waals surface area (Å²) in [6.45, 7) is 6.95. The first-order valence-electron chi connectivity index (χ1n) is 9.22. The maximum atomic E-state index is 9.99. The fraction of sp³-hybridized carbons (Fsp3) is 0.941. The van der Waals surface area contributed by atoms with Gasteiger partial charge in [0.15, 0.2) is 5.96 Å². The third-order valence-corrected chi connectivity index (χ3v) is 5.20. The molecule has 0 aromatic carbocycles. The van der Waals surface area contributed by atoms with Crippen LogP contribution in [0.15, 0.2) is 4.99 Å². The molecule has 0 amide bonds. The maximum absolute atomic E-state index is 9.99. The van der Waals surface area contributed by atoms with Crippen molar-refractivity contribution in [2.75, 3.05) is 39.4 Å². The summed E-state index contributed by atoms with van der Waals surface area (Å²) < 4.78 is 11.7. The number of guanidine groups is 1. The molecule has 4 unspecified atom stereocenters. The van der Waals surface area contributed by atoms with Gasteiger partial charge in [-0.3, -0.25) is 4.99 Å². The van der Waals surface area contributed by atoms with Crippen LogP contribution in [0.3, 0.4) is 0 Å². The van der Waals surface area contributed by atoms with E-state index in [4.69, 9.17) is 14.5 Å². The standard InChI is InChI=1S/C17H31N3O3/c1-2-18-17(19-11-13-5-3-6-14(13)21)20-8-10-23-16(12-20)15-7-4-9-22-15/h13-16,21H,2-12H2,1H3,(H,18,19). The van der Waals surface area contributed by atoms with Crippen molar-refractivity contribution in [3.8, 4) is 0 Å². The molecule has 3 fully saturated rings. The van der Waals surface area contributed by atoms with Crippen molar-refractivity contribution >= 4 is 5.96 Å². The molecule has 2 saturated heterocycles.